The lowest BCUT2D eigenvalue weighted by atomic mass is 10.1. The van der Waals surface area contributed by atoms with Crippen LogP contribution in [0, 0.1) is 5.82 Å². The fourth-order valence-corrected chi connectivity index (χ4v) is 2.01. The molecule has 1 aromatic carbocycles. The quantitative estimate of drug-likeness (QED) is 0.827. The van der Waals surface area contributed by atoms with Crippen LogP contribution in [0.2, 0.25) is 0 Å². The second-order valence-corrected chi connectivity index (χ2v) is 3.93. The predicted octanol–water partition coefficient (Wildman–Crippen LogP) is 1.51. The third-order valence-electron chi connectivity index (χ3n) is 2.82. The summed E-state index contributed by atoms with van der Waals surface area (Å²) in [5.41, 5.74) is 7.54. The lowest BCUT2D eigenvalue weighted by Crippen LogP contribution is -2.27. The Morgan fingerprint density at radius 1 is 1.31 bits per heavy atom. The highest BCUT2D eigenvalue weighted by atomic mass is 19.1. The highest BCUT2D eigenvalue weighted by Gasteiger charge is 2.13. The van der Waals surface area contributed by atoms with E-state index in [0.29, 0.717) is 6.54 Å². The number of ether oxygens (including phenoxy) is 1. The molecule has 88 valence electrons. The molecule has 2 N–H and O–H groups in total. The second kappa shape index (κ2) is 5.27. The molecular formula is C12H17FN2O. The Balaban J connectivity index is 2.23. The van der Waals surface area contributed by atoms with Gasteiger partial charge in [-0.25, -0.2) is 4.39 Å². The fourth-order valence-electron chi connectivity index (χ4n) is 2.01. The number of rotatable bonds is 2. The van der Waals surface area contributed by atoms with Crippen molar-refractivity contribution < 1.29 is 9.13 Å². The van der Waals surface area contributed by atoms with Crippen LogP contribution in [-0.2, 0) is 11.3 Å². The van der Waals surface area contributed by atoms with Gasteiger partial charge in [0.25, 0.3) is 0 Å². The smallest absolute Gasteiger partial charge is 0.123 e. The van der Waals surface area contributed by atoms with E-state index in [9.17, 15) is 4.39 Å². The van der Waals surface area contributed by atoms with E-state index >= 15 is 0 Å². The Kier molecular flexibility index (Phi) is 3.74. The van der Waals surface area contributed by atoms with Crippen LogP contribution in [-0.4, -0.2) is 26.3 Å². The molecule has 1 saturated heterocycles. The van der Waals surface area contributed by atoms with E-state index in [1.54, 1.807) is 0 Å². The van der Waals surface area contributed by atoms with E-state index in [4.69, 9.17) is 10.5 Å². The van der Waals surface area contributed by atoms with Gasteiger partial charge < -0.3 is 15.4 Å². The van der Waals surface area contributed by atoms with Crippen LogP contribution in [0.1, 0.15) is 12.0 Å². The molecule has 0 radical (unpaired) electrons. The van der Waals surface area contributed by atoms with E-state index in [-0.39, 0.29) is 5.82 Å². The van der Waals surface area contributed by atoms with Gasteiger partial charge in [0.1, 0.15) is 5.82 Å². The molecule has 0 saturated carbocycles. The first-order chi connectivity index (χ1) is 7.81. The van der Waals surface area contributed by atoms with Crippen molar-refractivity contribution in [1.29, 1.82) is 0 Å². The maximum atomic E-state index is 13.1. The normalized spacial score (nSPS) is 17.2. The average molecular weight is 224 g/mol. The van der Waals surface area contributed by atoms with Gasteiger partial charge in [-0.3, -0.25) is 0 Å². The van der Waals surface area contributed by atoms with E-state index in [0.717, 1.165) is 44.0 Å². The Labute approximate surface area is 95.0 Å². The Morgan fingerprint density at radius 2 is 2.19 bits per heavy atom. The van der Waals surface area contributed by atoms with Crippen LogP contribution in [0.3, 0.4) is 0 Å². The monoisotopic (exact) mass is 224 g/mol. The highest BCUT2D eigenvalue weighted by molar-refractivity contribution is 5.54. The zero-order valence-electron chi connectivity index (χ0n) is 9.29. The fraction of sp³-hybridized carbons (Fsp3) is 0.500. The molecule has 1 aliphatic heterocycles. The first kappa shape index (κ1) is 11.4. The van der Waals surface area contributed by atoms with Gasteiger partial charge in [-0.15, -0.1) is 0 Å². The van der Waals surface area contributed by atoms with Crippen molar-refractivity contribution in [2.24, 2.45) is 5.73 Å². The zero-order chi connectivity index (χ0) is 11.4. The molecule has 1 fully saturated rings. The van der Waals surface area contributed by atoms with Gasteiger partial charge in [0.2, 0.25) is 0 Å². The van der Waals surface area contributed by atoms with Crippen LogP contribution in [0.15, 0.2) is 18.2 Å². The van der Waals surface area contributed by atoms with Crippen LogP contribution in [0.4, 0.5) is 10.1 Å². The van der Waals surface area contributed by atoms with Crippen molar-refractivity contribution in [3.05, 3.63) is 29.6 Å². The summed E-state index contributed by atoms with van der Waals surface area (Å²) in [7, 11) is 0. The number of halogens is 1. The maximum Gasteiger partial charge on any atom is 0.123 e. The number of nitrogens with zero attached hydrogens (tertiary/aromatic N) is 1. The van der Waals surface area contributed by atoms with Crippen molar-refractivity contribution in [2.75, 3.05) is 31.2 Å². The zero-order valence-corrected chi connectivity index (χ0v) is 9.29. The summed E-state index contributed by atoms with van der Waals surface area (Å²) in [6, 6.07) is 4.81. The molecule has 1 heterocycles. The van der Waals surface area contributed by atoms with Gasteiger partial charge in [-0.2, -0.15) is 0 Å². The predicted molar refractivity (Wildman–Crippen MR) is 61.9 cm³/mol. The molecule has 1 aliphatic rings. The summed E-state index contributed by atoms with van der Waals surface area (Å²) < 4.78 is 18.5. The summed E-state index contributed by atoms with van der Waals surface area (Å²) in [4.78, 5) is 2.22. The van der Waals surface area contributed by atoms with Crippen LogP contribution in [0.5, 0.6) is 0 Å². The van der Waals surface area contributed by atoms with Gasteiger partial charge in [0, 0.05) is 31.9 Å². The largest absolute Gasteiger partial charge is 0.380 e. The summed E-state index contributed by atoms with van der Waals surface area (Å²) in [5.74, 6) is -0.227. The number of anilines is 1. The van der Waals surface area contributed by atoms with E-state index in [1.807, 2.05) is 6.07 Å². The van der Waals surface area contributed by atoms with Crippen molar-refractivity contribution >= 4 is 5.69 Å². The molecule has 4 heteroatoms. The molecule has 0 aliphatic carbocycles. The second-order valence-electron chi connectivity index (χ2n) is 3.93. The first-order valence-electron chi connectivity index (χ1n) is 5.62. The molecule has 0 amide bonds. The third kappa shape index (κ3) is 2.51. The molecule has 0 bridgehead atoms. The van der Waals surface area contributed by atoms with Crippen molar-refractivity contribution in [3.8, 4) is 0 Å². The van der Waals surface area contributed by atoms with Crippen molar-refractivity contribution in [2.45, 2.75) is 13.0 Å². The highest BCUT2D eigenvalue weighted by Crippen LogP contribution is 2.22. The maximum absolute atomic E-state index is 13.1. The van der Waals surface area contributed by atoms with Gasteiger partial charge in [-0.1, -0.05) is 0 Å². The van der Waals surface area contributed by atoms with Crippen LogP contribution in [0.25, 0.3) is 0 Å². The lowest BCUT2D eigenvalue weighted by Gasteiger charge is -2.24. The number of nitrogens with two attached hydrogens (primary N) is 1. The van der Waals surface area contributed by atoms with Crippen molar-refractivity contribution in [3.63, 3.8) is 0 Å². The molecule has 0 aromatic heterocycles. The number of hydrogen-bond acceptors (Lipinski definition) is 3. The minimum Gasteiger partial charge on any atom is -0.380 e. The lowest BCUT2D eigenvalue weighted by molar-refractivity contribution is 0.152. The molecule has 0 spiro atoms. The Hall–Kier alpha value is -1.13. The van der Waals surface area contributed by atoms with Gasteiger partial charge in [-0.05, 0) is 30.2 Å². The molecule has 2 rings (SSSR count). The van der Waals surface area contributed by atoms with Gasteiger partial charge >= 0.3 is 0 Å². The van der Waals surface area contributed by atoms with Crippen LogP contribution >= 0.6 is 0 Å². The molecule has 1 aromatic rings. The minimum atomic E-state index is -0.227. The summed E-state index contributed by atoms with van der Waals surface area (Å²) >= 11 is 0. The topological polar surface area (TPSA) is 38.5 Å². The van der Waals surface area contributed by atoms with Crippen LogP contribution < -0.4 is 10.6 Å². The standard InChI is InChI=1S/C12H17FN2O/c13-11-2-3-12(10(8-11)9-14)15-4-1-6-16-7-5-15/h2-3,8H,1,4-7,9,14H2. The summed E-state index contributed by atoms with van der Waals surface area (Å²) in [6.07, 6.45) is 1.00. The first-order valence-corrected chi connectivity index (χ1v) is 5.62. The van der Waals surface area contributed by atoms with Crippen molar-refractivity contribution in [1.82, 2.24) is 0 Å². The Morgan fingerprint density at radius 3 is 3.00 bits per heavy atom. The van der Waals surface area contributed by atoms with E-state index < -0.39 is 0 Å². The summed E-state index contributed by atoms with van der Waals surface area (Å²) in [6.45, 7) is 3.68. The molecule has 3 nitrogen and oxygen atoms in total. The molecular weight excluding hydrogens is 207 g/mol. The average Bonchev–Trinajstić information content (AvgIpc) is 2.57. The molecule has 0 unspecified atom stereocenters. The van der Waals surface area contributed by atoms with Gasteiger partial charge in [0.05, 0.1) is 6.61 Å². The molecule has 16 heavy (non-hydrogen) atoms. The number of benzene rings is 1. The minimum absolute atomic E-state index is 0.227. The third-order valence-corrected chi connectivity index (χ3v) is 2.82. The number of hydrogen-bond donors (Lipinski definition) is 1. The SMILES string of the molecule is NCc1cc(F)ccc1N1CCCOCC1. The summed E-state index contributed by atoms with van der Waals surface area (Å²) in [5, 5.41) is 0. The molecule has 0 atom stereocenters. The van der Waals surface area contributed by atoms with E-state index in [2.05, 4.69) is 4.90 Å². The van der Waals surface area contributed by atoms with E-state index in [1.165, 1.54) is 12.1 Å². The van der Waals surface area contributed by atoms with Gasteiger partial charge in [0.15, 0.2) is 0 Å². The Bertz CT molecular complexity index is 349.